The summed E-state index contributed by atoms with van der Waals surface area (Å²) in [5.41, 5.74) is 3.20. The molecule has 0 aromatic heterocycles. The van der Waals surface area contributed by atoms with E-state index in [1.807, 2.05) is 33.0 Å². The van der Waals surface area contributed by atoms with Crippen LogP contribution in [0.25, 0.3) is 0 Å². The smallest absolute Gasteiger partial charge is 0.321 e. The van der Waals surface area contributed by atoms with Crippen molar-refractivity contribution in [3.05, 3.63) is 29.3 Å². The standard InChI is InChI=1S/C14H22N2O/c1-5-6-9-16(4)14(17)15-13-8-7-11(2)10-12(13)3/h7-8,10H,5-6,9H2,1-4H3,(H,15,17). The zero-order chi connectivity index (χ0) is 12.8. The fourth-order valence-electron chi connectivity index (χ4n) is 1.66. The minimum absolute atomic E-state index is 0.0367. The first kappa shape index (κ1) is 13.6. The Balaban J connectivity index is 2.61. The van der Waals surface area contributed by atoms with Crippen molar-refractivity contribution in [1.82, 2.24) is 4.90 Å². The van der Waals surface area contributed by atoms with Gasteiger partial charge in [-0.15, -0.1) is 0 Å². The molecule has 2 amide bonds. The molecule has 0 aliphatic heterocycles. The second-order valence-electron chi connectivity index (χ2n) is 4.52. The van der Waals surface area contributed by atoms with Crippen LogP contribution >= 0.6 is 0 Å². The molecule has 1 N–H and O–H groups in total. The van der Waals surface area contributed by atoms with Gasteiger partial charge in [-0.1, -0.05) is 31.0 Å². The molecule has 3 heteroatoms. The molecule has 17 heavy (non-hydrogen) atoms. The van der Waals surface area contributed by atoms with Crippen molar-refractivity contribution in [2.75, 3.05) is 18.9 Å². The average molecular weight is 234 g/mol. The van der Waals surface area contributed by atoms with Gasteiger partial charge in [0, 0.05) is 19.3 Å². The number of anilines is 1. The van der Waals surface area contributed by atoms with Crippen LogP contribution in [-0.4, -0.2) is 24.5 Å². The Kier molecular flexibility index (Phi) is 5.01. The number of amides is 2. The van der Waals surface area contributed by atoms with Gasteiger partial charge in [-0.2, -0.15) is 0 Å². The van der Waals surface area contributed by atoms with Crippen LogP contribution in [-0.2, 0) is 0 Å². The van der Waals surface area contributed by atoms with E-state index in [-0.39, 0.29) is 6.03 Å². The minimum atomic E-state index is -0.0367. The summed E-state index contributed by atoms with van der Waals surface area (Å²) in [6, 6.07) is 6.00. The quantitative estimate of drug-likeness (QED) is 0.848. The molecule has 1 aromatic carbocycles. The van der Waals surface area contributed by atoms with Gasteiger partial charge in [-0.05, 0) is 31.9 Å². The minimum Gasteiger partial charge on any atom is -0.328 e. The molecule has 1 aromatic rings. The molecule has 94 valence electrons. The lowest BCUT2D eigenvalue weighted by atomic mass is 10.1. The van der Waals surface area contributed by atoms with Crippen LogP contribution in [0.15, 0.2) is 18.2 Å². The molecule has 3 nitrogen and oxygen atoms in total. The Morgan fingerprint density at radius 2 is 2.06 bits per heavy atom. The highest BCUT2D eigenvalue weighted by Gasteiger charge is 2.09. The number of nitrogens with zero attached hydrogens (tertiary/aromatic N) is 1. The van der Waals surface area contributed by atoms with Gasteiger partial charge in [0.25, 0.3) is 0 Å². The molecule has 1 rings (SSSR count). The van der Waals surface area contributed by atoms with Crippen LogP contribution in [0, 0.1) is 13.8 Å². The number of hydrogen-bond acceptors (Lipinski definition) is 1. The molecule has 0 aliphatic rings. The molecule has 0 aliphatic carbocycles. The lowest BCUT2D eigenvalue weighted by Gasteiger charge is -2.18. The van der Waals surface area contributed by atoms with Crippen molar-refractivity contribution in [3.63, 3.8) is 0 Å². The summed E-state index contributed by atoms with van der Waals surface area (Å²) in [5.74, 6) is 0. The average Bonchev–Trinajstić information content (AvgIpc) is 2.29. The predicted octanol–water partition coefficient (Wildman–Crippen LogP) is 3.57. The van der Waals surface area contributed by atoms with E-state index in [0.29, 0.717) is 0 Å². The first-order valence-electron chi connectivity index (χ1n) is 6.14. The van der Waals surface area contributed by atoms with E-state index in [1.165, 1.54) is 5.56 Å². The summed E-state index contributed by atoms with van der Waals surface area (Å²) in [6.07, 6.45) is 2.14. The van der Waals surface area contributed by atoms with E-state index in [4.69, 9.17) is 0 Å². The van der Waals surface area contributed by atoms with Crippen LogP contribution in [0.1, 0.15) is 30.9 Å². The van der Waals surface area contributed by atoms with E-state index >= 15 is 0 Å². The number of urea groups is 1. The summed E-state index contributed by atoms with van der Waals surface area (Å²) in [4.78, 5) is 13.6. The van der Waals surface area contributed by atoms with Gasteiger partial charge in [-0.3, -0.25) is 0 Å². The maximum atomic E-state index is 11.9. The van der Waals surface area contributed by atoms with Gasteiger partial charge in [0.05, 0.1) is 0 Å². The van der Waals surface area contributed by atoms with Crippen molar-refractivity contribution in [3.8, 4) is 0 Å². The van der Waals surface area contributed by atoms with Crippen molar-refractivity contribution in [1.29, 1.82) is 0 Å². The highest BCUT2D eigenvalue weighted by Crippen LogP contribution is 2.16. The van der Waals surface area contributed by atoms with Crippen molar-refractivity contribution >= 4 is 11.7 Å². The fraction of sp³-hybridized carbons (Fsp3) is 0.500. The molecule has 0 saturated carbocycles. The van der Waals surface area contributed by atoms with Gasteiger partial charge in [-0.25, -0.2) is 4.79 Å². The van der Waals surface area contributed by atoms with Crippen LogP contribution in [0.4, 0.5) is 10.5 Å². The number of carbonyl (C=O) groups is 1. The third kappa shape index (κ3) is 4.10. The number of nitrogens with one attached hydrogen (secondary N) is 1. The fourth-order valence-corrected chi connectivity index (χ4v) is 1.66. The lowest BCUT2D eigenvalue weighted by molar-refractivity contribution is 0.222. The first-order chi connectivity index (χ1) is 8.04. The van der Waals surface area contributed by atoms with E-state index in [9.17, 15) is 4.79 Å². The zero-order valence-electron chi connectivity index (χ0n) is 11.2. The van der Waals surface area contributed by atoms with E-state index in [0.717, 1.165) is 30.6 Å². The monoisotopic (exact) mass is 234 g/mol. The topological polar surface area (TPSA) is 32.3 Å². The number of carbonyl (C=O) groups excluding carboxylic acids is 1. The molecular formula is C14H22N2O. The molecule has 0 saturated heterocycles. The van der Waals surface area contributed by atoms with Gasteiger partial charge in [0.15, 0.2) is 0 Å². The number of aryl methyl sites for hydroxylation is 2. The number of rotatable bonds is 4. The van der Waals surface area contributed by atoms with E-state index < -0.39 is 0 Å². The van der Waals surface area contributed by atoms with E-state index in [1.54, 1.807) is 4.90 Å². The second kappa shape index (κ2) is 6.28. The van der Waals surface area contributed by atoms with Crippen molar-refractivity contribution < 1.29 is 4.79 Å². The molecule has 0 atom stereocenters. The van der Waals surface area contributed by atoms with Gasteiger partial charge in [0.1, 0.15) is 0 Å². The maximum absolute atomic E-state index is 11.9. The SMILES string of the molecule is CCCCN(C)C(=O)Nc1ccc(C)cc1C. The van der Waals surface area contributed by atoms with Crippen LogP contribution in [0.5, 0.6) is 0 Å². The summed E-state index contributed by atoms with van der Waals surface area (Å²) in [7, 11) is 1.83. The Morgan fingerprint density at radius 3 is 2.65 bits per heavy atom. The highest BCUT2D eigenvalue weighted by molar-refractivity contribution is 5.89. The lowest BCUT2D eigenvalue weighted by Crippen LogP contribution is -2.32. The van der Waals surface area contributed by atoms with E-state index in [2.05, 4.69) is 18.3 Å². The molecule has 0 heterocycles. The normalized spacial score (nSPS) is 10.1. The van der Waals surface area contributed by atoms with Crippen molar-refractivity contribution in [2.24, 2.45) is 0 Å². The Morgan fingerprint density at radius 1 is 1.35 bits per heavy atom. The van der Waals surface area contributed by atoms with Crippen LogP contribution in [0.2, 0.25) is 0 Å². The molecular weight excluding hydrogens is 212 g/mol. The Hall–Kier alpha value is -1.51. The zero-order valence-corrected chi connectivity index (χ0v) is 11.2. The van der Waals surface area contributed by atoms with Crippen LogP contribution in [0.3, 0.4) is 0 Å². The summed E-state index contributed by atoms with van der Waals surface area (Å²) in [6.45, 7) is 6.98. The maximum Gasteiger partial charge on any atom is 0.321 e. The third-order valence-corrected chi connectivity index (χ3v) is 2.82. The van der Waals surface area contributed by atoms with Gasteiger partial charge >= 0.3 is 6.03 Å². The highest BCUT2D eigenvalue weighted by atomic mass is 16.2. The van der Waals surface area contributed by atoms with Crippen LogP contribution < -0.4 is 5.32 Å². The first-order valence-corrected chi connectivity index (χ1v) is 6.14. The molecule has 0 spiro atoms. The van der Waals surface area contributed by atoms with Gasteiger partial charge in [0.2, 0.25) is 0 Å². The molecule has 0 fully saturated rings. The van der Waals surface area contributed by atoms with Gasteiger partial charge < -0.3 is 10.2 Å². The summed E-state index contributed by atoms with van der Waals surface area (Å²) < 4.78 is 0. The number of unbranched alkanes of at least 4 members (excludes halogenated alkanes) is 1. The summed E-state index contributed by atoms with van der Waals surface area (Å²) >= 11 is 0. The molecule has 0 bridgehead atoms. The second-order valence-corrected chi connectivity index (χ2v) is 4.52. The van der Waals surface area contributed by atoms with Crippen molar-refractivity contribution in [2.45, 2.75) is 33.6 Å². The Labute approximate surface area is 104 Å². The third-order valence-electron chi connectivity index (χ3n) is 2.82. The largest absolute Gasteiger partial charge is 0.328 e. The number of hydrogen-bond donors (Lipinski definition) is 1. The molecule has 0 unspecified atom stereocenters. The summed E-state index contributed by atoms with van der Waals surface area (Å²) in [5, 5.41) is 2.93. The molecule has 0 radical (unpaired) electrons. The predicted molar refractivity (Wildman–Crippen MR) is 72.5 cm³/mol. The Bertz CT molecular complexity index is 388. The number of benzene rings is 1.